The fraction of sp³-hybridized carbons (Fsp3) is 0.571. The van der Waals surface area contributed by atoms with Gasteiger partial charge in [-0.3, -0.25) is 0 Å². The molecule has 0 unspecified atom stereocenters. The molecule has 4 heteroatoms. The molecule has 0 aliphatic carbocycles. The molecule has 1 rings (SSSR count). The standard InChI is InChI=1S/C14H22N4/c1-10(2)8-18(9-11(3)4)14-12(6-15)5-13(16)7-17-14/h5,7,10-11H,8-9,16H2,1-4H3. The third kappa shape index (κ3) is 3.92. The summed E-state index contributed by atoms with van der Waals surface area (Å²) in [5, 5.41) is 9.19. The third-order valence-corrected chi connectivity index (χ3v) is 2.48. The van der Waals surface area contributed by atoms with Crippen LogP contribution in [0.5, 0.6) is 0 Å². The van der Waals surface area contributed by atoms with Gasteiger partial charge in [-0.2, -0.15) is 5.26 Å². The molecule has 1 heterocycles. The number of pyridine rings is 1. The second-order valence-electron chi connectivity index (χ2n) is 5.44. The summed E-state index contributed by atoms with van der Waals surface area (Å²) >= 11 is 0. The van der Waals surface area contributed by atoms with Gasteiger partial charge >= 0.3 is 0 Å². The van der Waals surface area contributed by atoms with Crippen molar-refractivity contribution >= 4 is 11.5 Å². The van der Waals surface area contributed by atoms with Crippen molar-refractivity contribution in [2.24, 2.45) is 11.8 Å². The third-order valence-electron chi connectivity index (χ3n) is 2.48. The molecule has 0 amide bonds. The highest BCUT2D eigenvalue weighted by molar-refractivity contribution is 5.58. The van der Waals surface area contributed by atoms with E-state index in [1.807, 2.05) is 0 Å². The molecule has 0 aliphatic rings. The van der Waals surface area contributed by atoms with E-state index in [0.717, 1.165) is 18.9 Å². The molecule has 0 aromatic carbocycles. The monoisotopic (exact) mass is 246 g/mol. The minimum Gasteiger partial charge on any atom is -0.397 e. The van der Waals surface area contributed by atoms with Crippen molar-refractivity contribution in [1.29, 1.82) is 5.26 Å². The topological polar surface area (TPSA) is 65.9 Å². The van der Waals surface area contributed by atoms with Gasteiger partial charge in [0.25, 0.3) is 0 Å². The van der Waals surface area contributed by atoms with Crippen molar-refractivity contribution in [3.8, 4) is 6.07 Å². The maximum Gasteiger partial charge on any atom is 0.146 e. The summed E-state index contributed by atoms with van der Waals surface area (Å²) in [7, 11) is 0. The lowest BCUT2D eigenvalue weighted by molar-refractivity contribution is 0.548. The van der Waals surface area contributed by atoms with E-state index in [9.17, 15) is 5.26 Å². The van der Waals surface area contributed by atoms with Crippen LogP contribution in [0.1, 0.15) is 33.3 Å². The van der Waals surface area contributed by atoms with Crippen LogP contribution in [0.4, 0.5) is 11.5 Å². The van der Waals surface area contributed by atoms with E-state index in [4.69, 9.17) is 5.73 Å². The van der Waals surface area contributed by atoms with Crippen LogP contribution in [0.25, 0.3) is 0 Å². The second kappa shape index (κ2) is 6.25. The molecule has 4 nitrogen and oxygen atoms in total. The summed E-state index contributed by atoms with van der Waals surface area (Å²) < 4.78 is 0. The zero-order chi connectivity index (χ0) is 13.7. The van der Waals surface area contributed by atoms with Gasteiger partial charge in [-0.1, -0.05) is 27.7 Å². The minimum absolute atomic E-state index is 0.523. The number of nitrogens with zero attached hydrogens (tertiary/aromatic N) is 3. The van der Waals surface area contributed by atoms with E-state index >= 15 is 0 Å². The Morgan fingerprint density at radius 3 is 2.28 bits per heavy atom. The Bertz CT molecular complexity index is 422. The smallest absolute Gasteiger partial charge is 0.146 e. The summed E-state index contributed by atoms with van der Waals surface area (Å²) in [4.78, 5) is 6.51. The first-order valence-electron chi connectivity index (χ1n) is 6.34. The van der Waals surface area contributed by atoms with Gasteiger partial charge in [0.15, 0.2) is 0 Å². The molecule has 0 aliphatic heterocycles. The number of aromatic nitrogens is 1. The number of nitrogen functional groups attached to an aromatic ring is 1. The molecule has 18 heavy (non-hydrogen) atoms. The summed E-state index contributed by atoms with van der Waals surface area (Å²) in [6, 6.07) is 3.87. The van der Waals surface area contributed by atoms with E-state index in [-0.39, 0.29) is 0 Å². The maximum absolute atomic E-state index is 9.19. The van der Waals surface area contributed by atoms with E-state index in [0.29, 0.717) is 23.1 Å². The lowest BCUT2D eigenvalue weighted by atomic mass is 10.1. The predicted octanol–water partition coefficient (Wildman–Crippen LogP) is 2.65. The van der Waals surface area contributed by atoms with Crippen LogP contribution in [-0.4, -0.2) is 18.1 Å². The molecule has 1 aromatic heterocycles. The van der Waals surface area contributed by atoms with Gasteiger partial charge in [0.1, 0.15) is 11.9 Å². The van der Waals surface area contributed by atoms with Gasteiger partial charge < -0.3 is 10.6 Å². The van der Waals surface area contributed by atoms with Crippen LogP contribution in [0.3, 0.4) is 0 Å². The predicted molar refractivity (Wildman–Crippen MR) is 75.3 cm³/mol. The molecule has 0 saturated heterocycles. The Hall–Kier alpha value is -1.76. The summed E-state index contributed by atoms with van der Waals surface area (Å²) in [5.41, 5.74) is 6.76. The SMILES string of the molecule is CC(C)CN(CC(C)C)c1ncc(N)cc1C#N. The van der Waals surface area contributed by atoms with E-state index < -0.39 is 0 Å². The van der Waals surface area contributed by atoms with E-state index in [1.54, 1.807) is 12.3 Å². The second-order valence-corrected chi connectivity index (χ2v) is 5.44. The van der Waals surface area contributed by atoms with Crippen LogP contribution in [0, 0.1) is 23.2 Å². The number of nitriles is 1. The molecule has 0 saturated carbocycles. The van der Waals surface area contributed by atoms with Crippen LogP contribution < -0.4 is 10.6 Å². The van der Waals surface area contributed by atoms with Crippen LogP contribution in [-0.2, 0) is 0 Å². The number of hydrogen-bond acceptors (Lipinski definition) is 4. The fourth-order valence-electron chi connectivity index (χ4n) is 1.94. The molecule has 0 radical (unpaired) electrons. The molecular weight excluding hydrogens is 224 g/mol. The number of nitrogens with two attached hydrogens (primary N) is 1. The van der Waals surface area contributed by atoms with E-state index in [2.05, 4.69) is 43.6 Å². The van der Waals surface area contributed by atoms with E-state index in [1.165, 1.54) is 0 Å². The lowest BCUT2D eigenvalue weighted by Crippen LogP contribution is -2.32. The average molecular weight is 246 g/mol. The highest BCUT2D eigenvalue weighted by atomic mass is 15.2. The maximum atomic E-state index is 9.19. The van der Waals surface area contributed by atoms with Gasteiger partial charge in [0.05, 0.1) is 17.4 Å². The first-order valence-corrected chi connectivity index (χ1v) is 6.34. The molecular formula is C14H22N4. The Kier molecular flexibility index (Phi) is 4.96. The van der Waals surface area contributed by atoms with Gasteiger partial charge in [-0.05, 0) is 17.9 Å². The van der Waals surface area contributed by atoms with Crippen molar-refractivity contribution in [2.75, 3.05) is 23.7 Å². The van der Waals surface area contributed by atoms with Crippen molar-refractivity contribution in [1.82, 2.24) is 4.98 Å². The normalized spacial score (nSPS) is 10.7. The van der Waals surface area contributed by atoms with Gasteiger partial charge in [0, 0.05) is 13.1 Å². The van der Waals surface area contributed by atoms with Crippen molar-refractivity contribution < 1.29 is 0 Å². The molecule has 1 aromatic rings. The quantitative estimate of drug-likeness (QED) is 0.867. The number of hydrogen-bond donors (Lipinski definition) is 1. The Morgan fingerprint density at radius 2 is 1.83 bits per heavy atom. The Balaban J connectivity index is 3.08. The fourth-order valence-corrected chi connectivity index (χ4v) is 1.94. The van der Waals surface area contributed by atoms with Crippen molar-refractivity contribution in [3.05, 3.63) is 17.8 Å². The summed E-state index contributed by atoms with van der Waals surface area (Å²) in [6.07, 6.45) is 1.61. The molecule has 0 atom stereocenters. The largest absolute Gasteiger partial charge is 0.397 e. The van der Waals surface area contributed by atoms with Crippen LogP contribution in [0.2, 0.25) is 0 Å². The minimum atomic E-state index is 0.523. The highest BCUT2D eigenvalue weighted by Gasteiger charge is 2.15. The zero-order valence-electron chi connectivity index (χ0n) is 11.6. The first-order chi connectivity index (χ1) is 8.43. The van der Waals surface area contributed by atoms with Gasteiger partial charge in [0.2, 0.25) is 0 Å². The number of anilines is 2. The molecule has 0 fully saturated rings. The van der Waals surface area contributed by atoms with Gasteiger partial charge in [-0.25, -0.2) is 4.98 Å². The number of rotatable bonds is 5. The van der Waals surface area contributed by atoms with Crippen molar-refractivity contribution in [2.45, 2.75) is 27.7 Å². The Labute approximate surface area is 109 Å². The van der Waals surface area contributed by atoms with Crippen LogP contribution in [0.15, 0.2) is 12.3 Å². The Morgan fingerprint density at radius 1 is 1.28 bits per heavy atom. The van der Waals surface area contributed by atoms with Gasteiger partial charge in [-0.15, -0.1) is 0 Å². The van der Waals surface area contributed by atoms with Crippen LogP contribution >= 0.6 is 0 Å². The highest BCUT2D eigenvalue weighted by Crippen LogP contribution is 2.21. The molecule has 0 bridgehead atoms. The summed E-state index contributed by atoms with van der Waals surface area (Å²) in [6.45, 7) is 10.4. The molecule has 2 N–H and O–H groups in total. The first kappa shape index (κ1) is 14.3. The molecule has 0 spiro atoms. The average Bonchev–Trinajstić information content (AvgIpc) is 2.26. The summed E-state index contributed by atoms with van der Waals surface area (Å²) in [5.74, 6) is 1.79. The zero-order valence-corrected chi connectivity index (χ0v) is 11.6. The lowest BCUT2D eigenvalue weighted by Gasteiger charge is -2.28. The molecule has 98 valence electrons. The van der Waals surface area contributed by atoms with Crippen molar-refractivity contribution in [3.63, 3.8) is 0 Å².